The van der Waals surface area contributed by atoms with E-state index in [0.29, 0.717) is 60.7 Å². The molecular formula is C35H26O8. The lowest BCUT2D eigenvalue weighted by molar-refractivity contribution is 0.396. The van der Waals surface area contributed by atoms with Crippen molar-refractivity contribution in [3.63, 3.8) is 0 Å². The SMILES string of the molecule is COc1cc(OC)c2c3c(OC)cc(=O)c4c(OC)c5c(O)cc(C)c6c7c(C)cc(=O)c8c(OC)c1c2c(c87)c(c56)c43. The van der Waals surface area contributed by atoms with Crippen molar-refractivity contribution in [2.75, 3.05) is 35.5 Å². The van der Waals surface area contributed by atoms with E-state index in [1.807, 2.05) is 13.8 Å². The highest BCUT2D eigenvalue weighted by molar-refractivity contribution is 6.52. The summed E-state index contributed by atoms with van der Waals surface area (Å²) < 4.78 is 29.8. The molecule has 8 aromatic carbocycles. The van der Waals surface area contributed by atoms with Gasteiger partial charge in [0.15, 0.2) is 10.9 Å². The fourth-order valence-corrected chi connectivity index (χ4v) is 7.79. The lowest BCUT2D eigenvalue weighted by Crippen LogP contribution is -2.10. The van der Waals surface area contributed by atoms with Crippen molar-refractivity contribution in [1.82, 2.24) is 0 Å². The summed E-state index contributed by atoms with van der Waals surface area (Å²) in [6, 6.07) is 6.53. The summed E-state index contributed by atoms with van der Waals surface area (Å²) in [6.45, 7) is 3.85. The Labute approximate surface area is 243 Å². The Morgan fingerprint density at radius 2 is 0.814 bits per heavy atom. The van der Waals surface area contributed by atoms with Crippen LogP contribution in [0.15, 0.2) is 33.9 Å². The number of phenolic OH excluding ortho intramolecular Hbond substituents is 1. The van der Waals surface area contributed by atoms with Crippen LogP contribution in [0.1, 0.15) is 11.1 Å². The number of hydrogen-bond donors (Lipinski definition) is 1. The van der Waals surface area contributed by atoms with Gasteiger partial charge in [-0.2, -0.15) is 0 Å². The minimum absolute atomic E-state index is 0.000384. The van der Waals surface area contributed by atoms with E-state index < -0.39 is 0 Å². The molecule has 0 amide bonds. The summed E-state index contributed by atoms with van der Waals surface area (Å²) in [7, 11) is 7.71. The van der Waals surface area contributed by atoms with E-state index >= 15 is 0 Å². The summed E-state index contributed by atoms with van der Waals surface area (Å²) in [6.07, 6.45) is 0. The summed E-state index contributed by atoms with van der Waals surface area (Å²) in [5, 5.41) is 20.6. The molecule has 43 heavy (non-hydrogen) atoms. The zero-order chi connectivity index (χ0) is 30.2. The van der Waals surface area contributed by atoms with Crippen LogP contribution in [0.2, 0.25) is 0 Å². The Morgan fingerprint density at radius 3 is 1.37 bits per heavy atom. The molecule has 0 bridgehead atoms. The Hall–Kier alpha value is -5.24. The Morgan fingerprint density at radius 1 is 0.419 bits per heavy atom. The number of benzene rings is 8. The van der Waals surface area contributed by atoms with Crippen LogP contribution in [0.25, 0.3) is 75.4 Å². The molecule has 0 aliphatic carbocycles. The van der Waals surface area contributed by atoms with Crippen molar-refractivity contribution >= 4 is 75.4 Å². The van der Waals surface area contributed by atoms with E-state index in [4.69, 9.17) is 23.7 Å². The smallest absolute Gasteiger partial charge is 0.193 e. The van der Waals surface area contributed by atoms with Gasteiger partial charge in [0, 0.05) is 55.2 Å². The first-order chi connectivity index (χ1) is 20.7. The van der Waals surface area contributed by atoms with Crippen LogP contribution in [0.4, 0.5) is 0 Å². The van der Waals surface area contributed by atoms with Crippen LogP contribution in [0.3, 0.4) is 0 Å². The molecule has 0 saturated heterocycles. The van der Waals surface area contributed by atoms with Crippen LogP contribution in [0, 0.1) is 13.8 Å². The summed E-state index contributed by atoms with van der Waals surface area (Å²) in [5.74, 6) is 2.00. The third kappa shape index (κ3) is 2.68. The van der Waals surface area contributed by atoms with Crippen LogP contribution in [-0.4, -0.2) is 40.7 Å². The number of ether oxygens (including phenoxy) is 5. The molecule has 0 heterocycles. The molecular weight excluding hydrogens is 548 g/mol. The summed E-state index contributed by atoms with van der Waals surface area (Å²) in [4.78, 5) is 27.9. The van der Waals surface area contributed by atoms with Crippen molar-refractivity contribution in [2.24, 2.45) is 0 Å². The van der Waals surface area contributed by atoms with Crippen molar-refractivity contribution in [2.45, 2.75) is 13.8 Å². The van der Waals surface area contributed by atoms with Gasteiger partial charge in [0.25, 0.3) is 0 Å². The molecule has 0 fully saturated rings. The average molecular weight is 575 g/mol. The summed E-state index contributed by atoms with van der Waals surface area (Å²) >= 11 is 0. The molecule has 0 spiro atoms. The van der Waals surface area contributed by atoms with Gasteiger partial charge in [-0.15, -0.1) is 0 Å². The lowest BCUT2D eigenvalue weighted by Gasteiger charge is -2.27. The van der Waals surface area contributed by atoms with E-state index in [1.165, 1.54) is 20.3 Å². The molecule has 0 radical (unpaired) electrons. The first-order valence-electron chi connectivity index (χ1n) is 13.8. The normalized spacial score (nSPS) is 12.3. The highest BCUT2D eigenvalue weighted by Gasteiger charge is 2.34. The fourth-order valence-electron chi connectivity index (χ4n) is 7.79. The van der Waals surface area contributed by atoms with E-state index in [2.05, 4.69) is 0 Å². The Balaban J connectivity index is 2.00. The number of phenols is 1. The number of rotatable bonds is 5. The maximum absolute atomic E-state index is 13.9. The second kappa shape index (κ2) is 8.19. The van der Waals surface area contributed by atoms with E-state index in [9.17, 15) is 14.7 Å². The molecule has 0 aromatic heterocycles. The van der Waals surface area contributed by atoms with Gasteiger partial charge in [0.2, 0.25) is 0 Å². The van der Waals surface area contributed by atoms with Crippen molar-refractivity contribution < 1.29 is 28.8 Å². The number of aromatic hydroxyl groups is 1. The standard InChI is InChI=1S/C35H26O8/c1-12-8-14(36)22-28-20(12)21-13(2)9-15(37)23-29(21)33-31-26(18(40-4)11-19(41-5)27(31)35(23)43-7)25-17(39-3)10-16(38)24(34(22)42-6)30(25)32(28)33/h8-11,36H,1-7H3. The van der Waals surface area contributed by atoms with Gasteiger partial charge in [-0.05, 0) is 47.9 Å². The second-order valence-corrected chi connectivity index (χ2v) is 11.1. The average Bonchev–Trinajstić information content (AvgIpc) is 3.00. The largest absolute Gasteiger partial charge is 0.507 e. The number of methoxy groups -OCH3 is 5. The molecule has 1 N–H and O–H groups in total. The Kier molecular flexibility index (Phi) is 4.85. The Bertz CT molecular complexity index is 2600. The monoisotopic (exact) mass is 574 g/mol. The van der Waals surface area contributed by atoms with E-state index in [-0.39, 0.29) is 22.4 Å². The predicted octanol–water partition coefficient (Wildman–Crippen LogP) is 6.60. The van der Waals surface area contributed by atoms with Gasteiger partial charge in [-0.25, -0.2) is 0 Å². The van der Waals surface area contributed by atoms with Gasteiger partial charge >= 0.3 is 0 Å². The van der Waals surface area contributed by atoms with Crippen LogP contribution in [-0.2, 0) is 0 Å². The maximum Gasteiger partial charge on any atom is 0.193 e. The molecule has 8 rings (SSSR count). The van der Waals surface area contributed by atoms with Crippen LogP contribution >= 0.6 is 0 Å². The van der Waals surface area contributed by atoms with E-state index in [1.54, 1.807) is 39.5 Å². The minimum Gasteiger partial charge on any atom is -0.507 e. The zero-order valence-electron chi connectivity index (χ0n) is 24.6. The molecule has 0 aliphatic heterocycles. The predicted molar refractivity (Wildman–Crippen MR) is 170 cm³/mol. The third-order valence-corrected chi connectivity index (χ3v) is 9.23. The van der Waals surface area contributed by atoms with Gasteiger partial charge in [-0.3, -0.25) is 9.59 Å². The third-order valence-electron chi connectivity index (χ3n) is 9.23. The molecule has 0 unspecified atom stereocenters. The molecule has 0 aliphatic rings. The fraction of sp³-hybridized carbons (Fsp3) is 0.200. The first-order valence-corrected chi connectivity index (χ1v) is 13.8. The molecule has 8 aromatic rings. The quantitative estimate of drug-likeness (QED) is 0.181. The van der Waals surface area contributed by atoms with Gasteiger partial charge in [0.05, 0.1) is 57.1 Å². The molecule has 0 atom stereocenters. The van der Waals surface area contributed by atoms with Crippen LogP contribution in [0.5, 0.6) is 34.5 Å². The van der Waals surface area contributed by atoms with Crippen molar-refractivity contribution in [3.05, 3.63) is 55.8 Å². The maximum atomic E-state index is 13.9. The van der Waals surface area contributed by atoms with Gasteiger partial charge in [-0.1, -0.05) is 0 Å². The minimum atomic E-state index is -0.316. The molecule has 0 saturated carbocycles. The van der Waals surface area contributed by atoms with Gasteiger partial charge < -0.3 is 28.8 Å². The molecule has 8 nitrogen and oxygen atoms in total. The highest BCUT2D eigenvalue weighted by Crippen LogP contribution is 2.60. The molecule has 8 heteroatoms. The van der Waals surface area contributed by atoms with Crippen molar-refractivity contribution in [3.8, 4) is 34.5 Å². The number of fused-ring (bicyclic) bond motifs is 2. The highest BCUT2D eigenvalue weighted by atomic mass is 16.5. The van der Waals surface area contributed by atoms with Crippen LogP contribution < -0.4 is 34.5 Å². The topological polar surface area (TPSA) is 101 Å². The first kappa shape index (κ1) is 25.5. The number of hydrogen-bond acceptors (Lipinski definition) is 8. The second-order valence-electron chi connectivity index (χ2n) is 11.1. The van der Waals surface area contributed by atoms with E-state index in [0.717, 1.165) is 48.8 Å². The zero-order valence-corrected chi connectivity index (χ0v) is 24.6. The number of aryl methyl sites for hydroxylation is 2. The summed E-state index contributed by atoms with van der Waals surface area (Å²) in [5.41, 5.74) is 1.10. The lowest BCUT2D eigenvalue weighted by atomic mass is 9.77. The van der Waals surface area contributed by atoms with Crippen molar-refractivity contribution in [1.29, 1.82) is 0 Å². The molecule has 214 valence electrons. The van der Waals surface area contributed by atoms with Gasteiger partial charge in [0.1, 0.15) is 34.5 Å².